The number of ether oxygens (including phenoxy) is 1. The topological polar surface area (TPSA) is 77.0 Å². The minimum atomic E-state index is -0.343. The molecule has 0 aliphatic carbocycles. The van der Waals surface area contributed by atoms with Crippen molar-refractivity contribution in [1.29, 1.82) is 0 Å². The van der Waals surface area contributed by atoms with Crippen LogP contribution in [0, 0.1) is 19.7 Å². The van der Waals surface area contributed by atoms with E-state index in [4.69, 9.17) is 4.74 Å². The van der Waals surface area contributed by atoms with E-state index in [2.05, 4.69) is 20.3 Å². The zero-order chi connectivity index (χ0) is 22.2. The van der Waals surface area contributed by atoms with E-state index in [1.807, 2.05) is 32.0 Å². The van der Waals surface area contributed by atoms with Crippen LogP contribution < -0.4 is 10.1 Å². The highest BCUT2D eigenvalue weighted by atomic mass is 19.1. The van der Waals surface area contributed by atoms with Gasteiger partial charge in [-0.05, 0) is 44.2 Å². The molecule has 2 aromatic carbocycles. The standard InChI is InChI=1S/C25H21FN4O2/c1-14-3-4-23-21(5-14)22(6-15(2)30-23)25(31)29-12-19-8-16-7-18(26)9-20(24(16)32-19)17-10-27-13-28-11-17/h3-7,9-11,13,19H,8,12H2,1-2H3,(H,29,31). The van der Waals surface area contributed by atoms with Gasteiger partial charge in [0, 0.05) is 46.6 Å². The molecular weight excluding hydrogens is 407 g/mol. The molecule has 1 N–H and O–H groups in total. The van der Waals surface area contributed by atoms with Gasteiger partial charge in [-0.3, -0.25) is 9.78 Å². The molecule has 0 radical (unpaired) electrons. The molecule has 3 heterocycles. The van der Waals surface area contributed by atoms with Crippen LogP contribution in [-0.2, 0) is 6.42 Å². The zero-order valence-corrected chi connectivity index (χ0v) is 17.7. The van der Waals surface area contributed by atoms with Gasteiger partial charge in [-0.25, -0.2) is 14.4 Å². The summed E-state index contributed by atoms with van der Waals surface area (Å²) < 4.78 is 20.3. The van der Waals surface area contributed by atoms with E-state index in [1.165, 1.54) is 18.5 Å². The molecule has 32 heavy (non-hydrogen) atoms. The quantitative estimate of drug-likeness (QED) is 0.528. The number of halogens is 1. The van der Waals surface area contributed by atoms with Crippen LogP contribution in [0.2, 0.25) is 0 Å². The predicted molar refractivity (Wildman–Crippen MR) is 119 cm³/mol. The van der Waals surface area contributed by atoms with Gasteiger partial charge in [-0.1, -0.05) is 11.6 Å². The van der Waals surface area contributed by atoms with Crippen molar-refractivity contribution in [3.8, 4) is 16.9 Å². The number of amides is 1. The Balaban J connectivity index is 1.36. The number of aryl methyl sites for hydroxylation is 2. The summed E-state index contributed by atoms with van der Waals surface area (Å²) in [7, 11) is 0. The summed E-state index contributed by atoms with van der Waals surface area (Å²) in [6.07, 6.45) is 4.88. The molecule has 0 fully saturated rings. The van der Waals surface area contributed by atoms with Gasteiger partial charge >= 0.3 is 0 Å². The van der Waals surface area contributed by atoms with Crippen LogP contribution in [0.15, 0.2) is 55.1 Å². The van der Waals surface area contributed by atoms with E-state index < -0.39 is 0 Å². The van der Waals surface area contributed by atoms with Crippen molar-refractivity contribution in [3.63, 3.8) is 0 Å². The van der Waals surface area contributed by atoms with Crippen LogP contribution >= 0.6 is 0 Å². The smallest absolute Gasteiger partial charge is 0.252 e. The lowest BCUT2D eigenvalue weighted by Crippen LogP contribution is -2.34. The Labute approximate surface area is 184 Å². The molecule has 1 aliphatic heterocycles. The van der Waals surface area contributed by atoms with Gasteiger partial charge < -0.3 is 10.1 Å². The Morgan fingerprint density at radius 3 is 2.78 bits per heavy atom. The SMILES string of the molecule is Cc1ccc2nc(C)cc(C(=O)NCC3Cc4cc(F)cc(-c5cncnc5)c4O3)c2c1. The fraction of sp³-hybridized carbons (Fsp3) is 0.200. The molecule has 4 aromatic rings. The van der Waals surface area contributed by atoms with Crippen LogP contribution in [-0.4, -0.2) is 33.5 Å². The van der Waals surface area contributed by atoms with Crippen molar-refractivity contribution in [2.24, 2.45) is 0 Å². The number of pyridine rings is 1. The second-order valence-corrected chi connectivity index (χ2v) is 8.05. The van der Waals surface area contributed by atoms with Crippen molar-refractivity contribution >= 4 is 16.8 Å². The Morgan fingerprint density at radius 2 is 1.97 bits per heavy atom. The van der Waals surface area contributed by atoms with Gasteiger partial charge in [-0.15, -0.1) is 0 Å². The molecule has 6 nitrogen and oxygen atoms in total. The molecule has 1 atom stereocenters. The normalized spacial score (nSPS) is 14.8. The molecule has 0 saturated carbocycles. The number of carbonyl (C=O) groups is 1. The van der Waals surface area contributed by atoms with E-state index in [0.29, 0.717) is 35.4 Å². The number of hydrogen-bond acceptors (Lipinski definition) is 5. The first-order valence-corrected chi connectivity index (χ1v) is 10.4. The van der Waals surface area contributed by atoms with Crippen LogP contribution in [0.4, 0.5) is 4.39 Å². The summed E-state index contributed by atoms with van der Waals surface area (Å²) >= 11 is 0. The number of benzene rings is 2. The summed E-state index contributed by atoms with van der Waals surface area (Å²) in [4.78, 5) is 25.6. The first-order chi connectivity index (χ1) is 15.5. The minimum Gasteiger partial charge on any atom is -0.487 e. The predicted octanol–water partition coefficient (Wildman–Crippen LogP) is 4.18. The third-order valence-electron chi connectivity index (χ3n) is 5.56. The van der Waals surface area contributed by atoms with Crippen molar-refractivity contribution in [3.05, 3.63) is 83.3 Å². The minimum absolute atomic E-state index is 0.187. The summed E-state index contributed by atoms with van der Waals surface area (Å²) in [5, 5.41) is 3.80. The fourth-order valence-electron chi connectivity index (χ4n) is 4.12. The number of nitrogens with one attached hydrogen (secondary N) is 1. The molecule has 2 aromatic heterocycles. The first kappa shape index (κ1) is 20.1. The number of hydrogen-bond donors (Lipinski definition) is 1. The molecule has 0 bridgehead atoms. The highest BCUT2D eigenvalue weighted by molar-refractivity contribution is 6.06. The maximum Gasteiger partial charge on any atom is 0.252 e. The van der Waals surface area contributed by atoms with Crippen LogP contribution in [0.25, 0.3) is 22.0 Å². The van der Waals surface area contributed by atoms with Crippen molar-refractivity contribution in [2.75, 3.05) is 6.54 Å². The molecule has 5 rings (SSSR count). The first-order valence-electron chi connectivity index (χ1n) is 10.4. The van der Waals surface area contributed by atoms with E-state index >= 15 is 0 Å². The summed E-state index contributed by atoms with van der Waals surface area (Å²) in [5.74, 6) is 0.0831. The molecule has 7 heteroatoms. The number of rotatable bonds is 4. The van der Waals surface area contributed by atoms with E-state index in [0.717, 1.165) is 27.7 Å². The second-order valence-electron chi connectivity index (χ2n) is 8.05. The Morgan fingerprint density at radius 1 is 1.16 bits per heavy atom. The third-order valence-corrected chi connectivity index (χ3v) is 5.56. The largest absolute Gasteiger partial charge is 0.487 e. The van der Waals surface area contributed by atoms with Gasteiger partial charge in [0.1, 0.15) is 24.0 Å². The molecule has 160 valence electrons. The van der Waals surface area contributed by atoms with Gasteiger partial charge in [-0.2, -0.15) is 0 Å². The zero-order valence-electron chi connectivity index (χ0n) is 17.7. The van der Waals surface area contributed by atoms with Crippen LogP contribution in [0.3, 0.4) is 0 Å². The average molecular weight is 428 g/mol. The number of aromatic nitrogens is 3. The molecule has 0 spiro atoms. The maximum atomic E-state index is 14.2. The lowest BCUT2D eigenvalue weighted by atomic mass is 10.0. The monoisotopic (exact) mass is 428 g/mol. The molecule has 1 unspecified atom stereocenters. The second kappa shape index (κ2) is 8.00. The Bertz CT molecular complexity index is 1340. The van der Waals surface area contributed by atoms with Crippen molar-refractivity contribution < 1.29 is 13.9 Å². The third kappa shape index (κ3) is 3.77. The number of nitrogens with zero attached hydrogens (tertiary/aromatic N) is 3. The summed E-state index contributed by atoms with van der Waals surface area (Å²) in [5.41, 5.74) is 5.27. The van der Waals surface area contributed by atoms with E-state index in [9.17, 15) is 9.18 Å². The highest BCUT2D eigenvalue weighted by Crippen LogP contribution is 2.39. The van der Waals surface area contributed by atoms with E-state index in [-0.39, 0.29) is 17.8 Å². The van der Waals surface area contributed by atoms with Crippen LogP contribution in [0.1, 0.15) is 27.2 Å². The van der Waals surface area contributed by atoms with Gasteiger partial charge in [0.15, 0.2) is 0 Å². The maximum absolute atomic E-state index is 14.2. The van der Waals surface area contributed by atoms with Gasteiger partial charge in [0.05, 0.1) is 17.6 Å². The lowest BCUT2D eigenvalue weighted by Gasteiger charge is -2.14. The fourth-order valence-corrected chi connectivity index (χ4v) is 4.12. The lowest BCUT2D eigenvalue weighted by molar-refractivity contribution is 0.0935. The van der Waals surface area contributed by atoms with E-state index in [1.54, 1.807) is 18.5 Å². The van der Waals surface area contributed by atoms with Crippen LogP contribution in [0.5, 0.6) is 5.75 Å². The van der Waals surface area contributed by atoms with Crippen molar-refractivity contribution in [2.45, 2.75) is 26.4 Å². The number of fused-ring (bicyclic) bond motifs is 2. The average Bonchev–Trinajstić information content (AvgIpc) is 3.20. The Kier molecular flexibility index (Phi) is 5.01. The highest BCUT2D eigenvalue weighted by Gasteiger charge is 2.28. The molecule has 0 saturated heterocycles. The van der Waals surface area contributed by atoms with Gasteiger partial charge in [0.2, 0.25) is 0 Å². The molecule has 1 aliphatic rings. The number of carbonyl (C=O) groups excluding carboxylic acids is 1. The summed E-state index contributed by atoms with van der Waals surface area (Å²) in [6, 6.07) is 10.6. The Hall–Kier alpha value is -3.87. The molecular formula is C25H21FN4O2. The van der Waals surface area contributed by atoms with Gasteiger partial charge in [0.25, 0.3) is 5.91 Å². The summed E-state index contributed by atoms with van der Waals surface area (Å²) in [6.45, 7) is 4.16. The van der Waals surface area contributed by atoms with Crippen molar-refractivity contribution in [1.82, 2.24) is 20.3 Å². The molecule has 1 amide bonds.